The van der Waals surface area contributed by atoms with Gasteiger partial charge in [-0.05, 0) is 24.8 Å². The van der Waals surface area contributed by atoms with Crippen LogP contribution in [-0.2, 0) is 16.6 Å². The van der Waals surface area contributed by atoms with Crippen molar-refractivity contribution >= 4 is 21.4 Å². The van der Waals surface area contributed by atoms with Crippen LogP contribution in [0.15, 0.2) is 11.4 Å². The topological polar surface area (TPSA) is 57.6 Å². The number of nitrogens with zero attached hydrogens (tertiary/aromatic N) is 1. The maximum atomic E-state index is 12.1. The molecule has 1 aromatic heterocycles. The van der Waals surface area contributed by atoms with Crippen LogP contribution in [0, 0.1) is 17.8 Å². The number of rotatable bonds is 6. The Labute approximate surface area is 124 Å². The van der Waals surface area contributed by atoms with Gasteiger partial charge in [0.25, 0.3) is 0 Å². The van der Waals surface area contributed by atoms with Gasteiger partial charge in [-0.2, -0.15) is 4.31 Å². The minimum Gasteiger partial charge on any atom is -0.395 e. The molecule has 0 aliphatic heterocycles. The number of thiophene rings is 1. The molecule has 0 aromatic carbocycles. The number of sulfonamides is 1. The average Bonchev–Trinajstić information content (AvgIpc) is 3.07. The lowest BCUT2D eigenvalue weighted by molar-refractivity contribution is 0.305. The fraction of sp³-hybridized carbons (Fsp3) is 0.571. The van der Waals surface area contributed by atoms with Crippen molar-refractivity contribution in [2.75, 3.05) is 19.4 Å². The molecule has 0 bridgehead atoms. The van der Waals surface area contributed by atoms with E-state index in [4.69, 9.17) is 5.11 Å². The van der Waals surface area contributed by atoms with Crippen LogP contribution in [0.5, 0.6) is 0 Å². The minimum atomic E-state index is -3.14. The zero-order chi connectivity index (χ0) is 14.6. The molecule has 1 aliphatic carbocycles. The molecule has 1 aliphatic rings. The monoisotopic (exact) mass is 313 g/mol. The molecule has 20 heavy (non-hydrogen) atoms. The first-order chi connectivity index (χ1) is 9.51. The van der Waals surface area contributed by atoms with Crippen LogP contribution >= 0.6 is 11.3 Å². The van der Waals surface area contributed by atoms with Gasteiger partial charge in [0.2, 0.25) is 10.0 Å². The zero-order valence-electron chi connectivity index (χ0n) is 11.5. The summed E-state index contributed by atoms with van der Waals surface area (Å²) in [4.78, 5) is 0.986. The number of hydrogen-bond acceptors (Lipinski definition) is 4. The molecular formula is C14H19NO3S2. The van der Waals surface area contributed by atoms with Crippen molar-refractivity contribution in [3.8, 4) is 11.8 Å². The molecule has 2 rings (SSSR count). The van der Waals surface area contributed by atoms with E-state index < -0.39 is 10.0 Å². The van der Waals surface area contributed by atoms with Crippen molar-refractivity contribution in [2.45, 2.75) is 25.8 Å². The van der Waals surface area contributed by atoms with E-state index >= 15 is 0 Å². The molecule has 0 spiro atoms. The molecular weight excluding hydrogens is 294 g/mol. The van der Waals surface area contributed by atoms with Crippen LogP contribution in [0.2, 0.25) is 0 Å². The summed E-state index contributed by atoms with van der Waals surface area (Å²) in [7, 11) is -1.50. The number of hydrogen-bond donors (Lipinski definition) is 1. The van der Waals surface area contributed by atoms with Gasteiger partial charge in [0.1, 0.15) is 0 Å². The lowest BCUT2D eigenvalue weighted by atomic mass is 10.3. The Morgan fingerprint density at radius 1 is 1.50 bits per heavy atom. The van der Waals surface area contributed by atoms with Crippen molar-refractivity contribution in [2.24, 2.45) is 5.92 Å². The van der Waals surface area contributed by atoms with E-state index in [1.807, 2.05) is 11.4 Å². The highest BCUT2D eigenvalue weighted by atomic mass is 32.2. The lowest BCUT2D eigenvalue weighted by Gasteiger charge is -2.15. The molecule has 1 fully saturated rings. The Bertz CT molecular complexity index is 606. The van der Waals surface area contributed by atoms with Gasteiger partial charge in [-0.15, -0.1) is 11.3 Å². The maximum absolute atomic E-state index is 12.1. The molecule has 0 radical (unpaired) electrons. The predicted octanol–water partition coefficient (Wildman–Crippen LogP) is 1.65. The summed E-state index contributed by atoms with van der Waals surface area (Å²) in [5, 5.41) is 10.6. The van der Waals surface area contributed by atoms with Crippen molar-refractivity contribution in [1.82, 2.24) is 4.31 Å². The third-order valence-electron chi connectivity index (χ3n) is 3.12. The molecule has 110 valence electrons. The summed E-state index contributed by atoms with van der Waals surface area (Å²) in [6.45, 7) is 0.466. The van der Waals surface area contributed by atoms with Crippen molar-refractivity contribution < 1.29 is 13.5 Å². The first kappa shape index (κ1) is 15.5. The van der Waals surface area contributed by atoms with Crippen LogP contribution in [0.25, 0.3) is 0 Å². The van der Waals surface area contributed by atoms with Crippen LogP contribution in [0.4, 0.5) is 0 Å². The lowest BCUT2D eigenvalue weighted by Crippen LogP contribution is -2.29. The van der Waals surface area contributed by atoms with Crippen LogP contribution < -0.4 is 0 Å². The Hall–Kier alpha value is -0.870. The highest BCUT2D eigenvalue weighted by molar-refractivity contribution is 7.89. The van der Waals surface area contributed by atoms with E-state index in [9.17, 15) is 8.42 Å². The zero-order valence-corrected chi connectivity index (χ0v) is 13.1. The van der Waals surface area contributed by atoms with Gasteiger partial charge >= 0.3 is 0 Å². The van der Waals surface area contributed by atoms with Gasteiger partial charge in [-0.3, -0.25) is 0 Å². The Morgan fingerprint density at radius 3 is 2.90 bits per heavy atom. The summed E-state index contributed by atoms with van der Waals surface area (Å²) >= 11 is 1.52. The summed E-state index contributed by atoms with van der Waals surface area (Å²) in [6.07, 6.45) is 2.54. The second-order valence-corrected chi connectivity index (χ2v) is 8.17. The number of aliphatic hydroxyl groups excluding tert-OH is 1. The maximum Gasteiger partial charge on any atom is 0.214 e. The van der Waals surface area contributed by atoms with Gasteiger partial charge in [-0.1, -0.05) is 11.8 Å². The van der Waals surface area contributed by atoms with Crippen molar-refractivity contribution in [3.63, 3.8) is 0 Å². The smallest absolute Gasteiger partial charge is 0.214 e. The summed E-state index contributed by atoms with van der Waals surface area (Å²) in [5.74, 6) is 6.45. The average molecular weight is 313 g/mol. The van der Waals surface area contributed by atoms with Gasteiger partial charge in [0.15, 0.2) is 0 Å². The molecule has 1 aromatic rings. The van der Waals surface area contributed by atoms with Crippen molar-refractivity contribution in [3.05, 3.63) is 21.9 Å². The first-order valence-electron chi connectivity index (χ1n) is 6.62. The van der Waals surface area contributed by atoms with E-state index in [-0.39, 0.29) is 12.4 Å². The molecule has 0 amide bonds. The van der Waals surface area contributed by atoms with E-state index in [1.54, 1.807) is 7.05 Å². The second-order valence-electron chi connectivity index (χ2n) is 5.06. The van der Waals surface area contributed by atoms with E-state index in [0.717, 1.165) is 23.3 Å². The van der Waals surface area contributed by atoms with Crippen molar-refractivity contribution in [1.29, 1.82) is 0 Å². The van der Waals surface area contributed by atoms with Gasteiger partial charge in [0.05, 0.1) is 12.4 Å². The second kappa shape index (κ2) is 6.72. The largest absolute Gasteiger partial charge is 0.395 e. The standard InChI is InChI=1S/C14H19NO3S2/c1-15(20(17,18)11-12-5-6-12)9-14-8-13(10-19-14)4-2-3-7-16/h8,10,12,16H,3,5-7,9,11H2,1H3. The van der Waals surface area contributed by atoms with Gasteiger partial charge in [-0.25, -0.2) is 8.42 Å². The SMILES string of the molecule is CN(Cc1cc(C#CCCO)cs1)S(=O)(=O)CC1CC1. The Morgan fingerprint density at radius 2 is 2.25 bits per heavy atom. The van der Waals surface area contributed by atoms with Gasteiger partial charge in [0, 0.05) is 35.8 Å². The molecule has 1 heterocycles. The summed E-state index contributed by atoms with van der Waals surface area (Å²) in [5.41, 5.74) is 0.881. The quantitative estimate of drug-likeness (QED) is 0.813. The Balaban J connectivity index is 1.94. The van der Waals surface area contributed by atoms with Crippen LogP contribution in [-0.4, -0.2) is 37.2 Å². The molecule has 0 atom stereocenters. The molecule has 4 nitrogen and oxygen atoms in total. The molecule has 1 N–H and O–H groups in total. The highest BCUT2D eigenvalue weighted by Crippen LogP contribution is 2.31. The first-order valence-corrected chi connectivity index (χ1v) is 9.11. The van der Waals surface area contributed by atoms with Crippen LogP contribution in [0.1, 0.15) is 29.7 Å². The number of aliphatic hydroxyl groups is 1. The normalized spacial score (nSPS) is 15.2. The fourth-order valence-corrected chi connectivity index (χ4v) is 4.25. The Kier molecular flexibility index (Phi) is 5.22. The van der Waals surface area contributed by atoms with Gasteiger partial charge < -0.3 is 5.11 Å². The van der Waals surface area contributed by atoms with Crippen LogP contribution in [0.3, 0.4) is 0 Å². The fourth-order valence-electron chi connectivity index (χ4n) is 1.78. The van der Waals surface area contributed by atoms with E-state index in [0.29, 0.717) is 18.9 Å². The predicted molar refractivity (Wildman–Crippen MR) is 80.9 cm³/mol. The van der Waals surface area contributed by atoms with E-state index in [1.165, 1.54) is 15.6 Å². The minimum absolute atomic E-state index is 0.0616. The third-order valence-corrected chi connectivity index (χ3v) is 6.01. The third kappa shape index (κ3) is 4.60. The molecule has 6 heteroatoms. The summed E-state index contributed by atoms with van der Waals surface area (Å²) in [6, 6.07) is 1.91. The summed E-state index contributed by atoms with van der Waals surface area (Å²) < 4.78 is 25.6. The molecule has 1 saturated carbocycles. The van der Waals surface area contributed by atoms with E-state index in [2.05, 4.69) is 11.8 Å². The molecule has 0 saturated heterocycles. The molecule has 0 unspecified atom stereocenters. The highest BCUT2D eigenvalue weighted by Gasteiger charge is 2.30.